The van der Waals surface area contributed by atoms with Crippen molar-refractivity contribution < 1.29 is 14.3 Å². The SMILES string of the molecule is O=C(NCc1ccn(C2CCCC2)n1)c1coc(CN2CC[C@H](O)C2)n1. The maximum Gasteiger partial charge on any atom is 0.273 e. The molecule has 2 N–H and O–H groups in total. The number of likely N-dealkylation sites (tertiary alicyclic amines) is 1. The Bertz CT molecular complexity index is 750. The van der Waals surface area contributed by atoms with Gasteiger partial charge in [0.1, 0.15) is 6.26 Å². The van der Waals surface area contributed by atoms with E-state index in [2.05, 4.69) is 20.3 Å². The molecule has 2 aromatic rings. The van der Waals surface area contributed by atoms with Gasteiger partial charge in [-0.05, 0) is 25.3 Å². The van der Waals surface area contributed by atoms with E-state index < -0.39 is 0 Å². The van der Waals surface area contributed by atoms with Crippen LogP contribution in [0.3, 0.4) is 0 Å². The van der Waals surface area contributed by atoms with Gasteiger partial charge >= 0.3 is 0 Å². The van der Waals surface area contributed by atoms with Crippen LogP contribution in [0.5, 0.6) is 0 Å². The first-order valence-corrected chi connectivity index (χ1v) is 9.34. The van der Waals surface area contributed by atoms with Crippen LogP contribution in [0.1, 0.15) is 60.2 Å². The smallest absolute Gasteiger partial charge is 0.273 e. The molecule has 26 heavy (non-hydrogen) atoms. The summed E-state index contributed by atoms with van der Waals surface area (Å²) in [4.78, 5) is 18.6. The van der Waals surface area contributed by atoms with Crippen molar-refractivity contribution in [2.75, 3.05) is 13.1 Å². The van der Waals surface area contributed by atoms with Gasteiger partial charge < -0.3 is 14.8 Å². The van der Waals surface area contributed by atoms with Crippen molar-refractivity contribution in [3.8, 4) is 0 Å². The number of β-amino-alcohol motifs (C(OH)–C–C–N with tert-alkyl or cyclic N) is 1. The standard InChI is InChI=1S/C18H25N5O3/c24-15-6-7-22(10-15)11-17-20-16(12-26-17)18(25)19-9-13-5-8-23(21-13)14-3-1-2-4-14/h5,8,12,14-15,24H,1-4,6-7,9-11H2,(H,19,25)/t15-/m0/s1. The van der Waals surface area contributed by atoms with Gasteiger partial charge in [-0.25, -0.2) is 4.98 Å². The minimum atomic E-state index is -0.281. The van der Waals surface area contributed by atoms with Gasteiger partial charge in [-0.1, -0.05) is 12.8 Å². The van der Waals surface area contributed by atoms with Crippen molar-refractivity contribution in [3.63, 3.8) is 0 Å². The van der Waals surface area contributed by atoms with Crippen LogP contribution < -0.4 is 5.32 Å². The summed E-state index contributed by atoms with van der Waals surface area (Å²) in [5, 5.41) is 17.0. The first-order chi connectivity index (χ1) is 12.7. The molecule has 1 saturated carbocycles. The normalized spacial score (nSPS) is 21.5. The molecule has 1 amide bonds. The van der Waals surface area contributed by atoms with Crippen LogP contribution in [0, 0.1) is 0 Å². The summed E-state index contributed by atoms with van der Waals surface area (Å²) < 4.78 is 7.41. The van der Waals surface area contributed by atoms with E-state index in [1.165, 1.54) is 31.9 Å². The van der Waals surface area contributed by atoms with Crippen molar-refractivity contribution in [3.05, 3.63) is 35.8 Å². The fourth-order valence-electron chi connectivity index (χ4n) is 3.74. The third kappa shape index (κ3) is 3.96. The lowest BCUT2D eigenvalue weighted by atomic mass is 10.3. The summed E-state index contributed by atoms with van der Waals surface area (Å²) in [6.45, 7) is 2.32. The fourth-order valence-corrected chi connectivity index (χ4v) is 3.74. The molecular formula is C18H25N5O3. The van der Waals surface area contributed by atoms with Gasteiger partial charge in [0.15, 0.2) is 5.69 Å². The average molecular weight is 359 g/mol. The van der Waals surface area contributed by atoms with Crippen molar-refractivity contribution in [2.45, 2.75) is 57.3 Å². The maximum absolute atomic E-state index is 12.3. The Labute approximate surface area is 152 Å². The topological polar surface area (TPSA) is 96.4 Å². The van der Waals surface area contributed by atoms with Crippen LogP contribution in [0.4, 0.5) is 0 Å². The van der Waals surface area contributed by atoms with Crippen molar-refractivity contribution in [1.29, 1.82) is 0 Å². The van der Waals surface area contributed by atoms with Crippen molar-refractivity contribution >= 4 is 5.91 Å². The lowest BCUT2D eigenvalue weighted by molar-refractivity contribution is 0.0945. The molecule has 1 atom stereocenters. The maximum atomic E-state index is 12.3. The molecule has 4 rings (SSSR count). The monoisotopic (exact) mass is 359 g/mol. The predicted octanol–water partition coefficient (Wildman–Crippen LogP) is 1.48. The lowest BCUT2D eigenvalue weighted by Crippen LogP contribution is -2.24. The molecule has 8 nitrogen and oxygen atoms in total. The van der Waals surface area contributed by atoms with Crippen molar-refractivity contribution in [2.24, 2.45) is 0 Å². The second-order valence-electron chi connectivity index (χ2n) is 7.21. The molecule has 0 bridgehead atoms. The molecule has 0 unspecified atom stereocenters. The average Bonchev–Trinajstić information content (AvgIpc) is 3.41. The third-order valence-corrected chi connectivity index (χ3v) is 5.18. The quantitative estimate of drug-likeness (QED) is 0.811. The number of aliphatic hydroxyl groups is 1. The van der Waals surface area contributed by atoms with Gasteiger partial charge in [-0.3, -0.25) is 14.4 Å². The molecule has 8 heteroatoms. The zero-order valence-corrected chi connectivity index (χ0v) is 14.8. The van der Waals surface area contributed by atoms with Crippen LogP contribution in [-0.2, 0) is 13.1 Å². The second kappa shape index (κ2) is 7.59. The number of aromatic nitrogens is 3. The number of rotatable bonds is 6. The number of nitrogens with zero attached hydrogens (tertiary/aromatic N) is 4. The van der Waals surface area contributed by atoms with E-state index in [1.807, 2.05) is 16.9 Å². The summed E-state index contributed by atoms with van der Waals surface area (Å²) in [7, 11) is 0. The first-order valence-electron chi connectivity index (χ1n) is 9.34. The molecule has 1 saturated heterocycles. The van der Waals surface area contributed by atoms with Crippen LogP contribution in [0.2, 0.25) is 0 Å². The highest BCUT2D eigenvalue weighted by Crippen LogP contribution is 2.28. The zero-order chi connectivity index (χ0) is 17.9. The van der Waals surface area contributed by atoms with Gasteiger partial charge in [0.25, 0.3) is 5.91 Å². The Morgan fingerprint density at radius 2 is 2.19 bits per heavy atom. The molecular weight excluding hydrogens is 334 g/mol. The number of nitrogens with one attached hydrogen (secondary N) is 1. The predicted molar refractivity (Wildman–Crippen MR) is 93.3 cm³/mol. The van der Waals surface area contributed by atoms with E-state index in [4.69, 9.17) is 4.42 Å². The number of hydrogen-bond donors (Lipinski definition) is 2. The summed E-state index contributed by atoms with van der Waals surface area (Å²) in [5.41, 5.74) is 1.12. The van der Waals surface area contributed by atoms with Gasteiger partial charge in [-0.2, -0.15) is 5.10 Å². The number of carbonyl (C=O) groups is 1. The lowest BCUT2D eigenvalue weighted by Gasteiger charge is -2.11. The molecule has 2 aliphatic rings. The fraction of sp³-hybridized carbons (Fsp3) is 0.611. The summed E-state index contributed by atoms with van der Waals surface area (Å²) in [5.74, 6) is 0.228. The Morgan fingerprint density at radius 3 is 2.96 bits per heavy atom. The van der Waals surface area contributed by atoms with Crippen molar-refractivity contribution in [1.82, 2.24) is 25.0 Å². The zero-order valence-electron chi connectivity index (χ0n) is 14.8. The molecule has 0 spiro atoms. The minimum Gasteiger partial charge on any atom is -0.447 e. The molecule has 2 aromatic heterocycles. The molecule has 140 valence electrons. The van der Waals surface area contributed by atoms with Gasteiger partial charge in [-0.15, -0.1) is 0 Å². The minimum absolute atomic E-state index is 0.267. The van der Waals surface area contributed by atoms with Crippen LogP contribution in [-0.4, -0.2) is 49.9 Å². The van der Waals surface area contributed by atoms with Gasteiger partial charge in [0.2, 0.25) is 5.89 Å². The van der Waals surface area contributed by atoms with Crippen LogP contribution in [0.15, 0.2) is 22.9 Å². The first kappa shape index (κ1) is 17.2. The largest absolute Gasteiger partial charge is 0.447 e. The van der Waals surface area contributed by atoms with E-state index in [0.717, 1.165) is 18.7 Å². The summed E-state index contributed by atoms with van der Waals surface area (Å²) in [6.07, 6.45) is 8.76. The molecule has 1 aliphatic heterocycles. The highest BCUT2D eigenvalue weighted by Gasteiger charge is 2.22. The molecule has 0 aromatic carbocycles. The Balaban J connectivity index is 1.28. The molecule has 0 radical (unpaired) electrons. The Hall–Kier alpha value is -2.19. The Morgan fingerprint density at radius 1 is 1.35 bits per heavy atom. The molecule has 3 heterocycles. The highest BCUT2D eigenvalue weighted by atomic mass is 16.3. The third-order valence-electron chi connectivity index (χ3n) is 5.18. The number of aliphatic hydroxyl groups excluding tert-OH is 1. The van der Waals surface area contributed by atoms with Gasteiger partial charge in [0, 0.05) is 19.3 Å². The number of hydrogen-bond acceptors (Lipinski definition) is 6. The molecule has 2 fully saturated rings. The Kier molecular flexibility index (Phi) is 5.03. The van der Waals surface area contributed by atoms with E-state index in [-0.39, 0.29) is 17.7 Å². The van der Waals surface area contributed by atoms with E-state index in [9.17, 15) is 9.90 Å². The summed E-state index contributed by atoms with van der Waals surface area (Å²) >= 11 is 0. The number of oxazole rings is 1. The summed E-state index contributed by atoms with van der Waals surface area (Å²) in [6, 6.07) is 2.45. The van der Waals surface area contributed by atoms with E-state index in [0.29, 0.717) is 31.6 Å². The van der Waals surface area contributed by atoms with Crippen LogP contribution >= 0.6 is 0 Å². The second-order valence-corrected chi connectivity index (χ2v) is 7.21. The van der Waals surface area contributed by atoms with Crippen LogP contribution in [0.25, 0.3) is 0 Å². The van der Waals surface area contributed by atoms with E-state index in [1.54, 1.807) is 0 Å². The van der Waals surface area contributed by atoms with E-state index >= 15 is 0 Å². The van der Waals surface area contributed by atoms with Gasteiger partial charge in [0.05, 0.1) is 30.9 Å². The highest BCUT2D eigenvalue weighted by molar-refractivity contribution is 5.91. The number of carbonyl (C=O) groups excluding carboxylic acids is 1. The number of amides is 1. The molecule has 1 aliphatic carbocycles.